The van der Waals surface area contributed by atoms with Crippen molar-refractivity contribution in [1.29, 1.82) is 0 Å². The largest absolute Gasteiger partial charge is 0.265 e. The Bertz CT molecular complexity index is 547. The van der Waals surface area contributed by atoms with Gasteiger partial charge < -0.3 is 0 Å². The number of pyridine rings is 1. The molecule has 1 heterocycles. The predicted molar refractivity (Wildman–Crippen MR) is 68.8 cm³/mol. The SMILES string of the molecule is C=Nc1ccc(N=Nc2ccncc2)c(C)c1. The molecule has 0 aliphatic heterocycles. The number of aliphatic imine (C=N–C) groups is 1. The van der Waals surface area contributed by atoms with Gasteiger partial charge in [-0.15, -0.1) is 0 Å². The zero-order chi connectivity index (χ0) is 12.1. The van der Waals surface area contributed by atoms with Crippen molar-refractivity contribution in [3.63, 3.8) is 0 Å². The van der Waals surface area contributed by atoms with Crippen molar-refractivity contribution in [2.75, 3.05) is 0 Å². The molecule has 2 rings (SSSR count). The van der Waals surface area contributed by atoms with Gasteiger partial charge in [0, 0.05) is 12.4 Å². The highest BCUT2D eigenvalue weighted by atomic mass is 15.1. The van der Waals surface area contributed by atoms with Crippen molar-refractivity contribution in [2.45, 2.75) is 6.92 Å². The maximum Gasteiger partial charge on any atom is 0.0887 e. The first-order valence-electron chi connectivity index (χ1n) is 5.19. The van der Waals surface area contributed by atoms with Crippen LogP contribution in [0.3, 0.4) is 0 Å². The first kappa shape index (κ1) is 11.1. The van der Waals surface area contributed by atoms with Crippen molar-refractivity contribution >= 4 is 23.8 Å². The van der Waals surface area contributed by atoms with Crippen molar-refractivity contribution < 1.29 is 0 Å². The van der Waals surface area contributed by atoms with E-state index in [9.17, 15) is 0 Å². The van der Waals surface area contributed by atoms with E-state index in [-0.39, 0.29) is 0 Å². The molecule has 1 aromatic carbocycles. The number of aromatic nitrogens is 1. The number of aryl methyl sites for hydroxylation is 1. The zero-order valence-electron chi connectivity index (χ0n) is 9.54. The summed E-state index contributed by atoms with van der Waals surface area (Å²) in [5, 5.41) is 8.32. The standard InChI is InChI=1S/C13H12N4/c1-10-9-12(14-2)3-4-13(10)17-16-11-5-7-15-8-6-11/h3-9H,2H2,1H3. The molecule has 0 unspecified atom stereocenters. The third-order valence-corrected chi connectivity index (χ3v) is 2.30. The predicted octanol–water partition coefficient (Wildman–Crippen LogP) is 4.14. The maximum atomic E-state index is 4.19. The smallest absolute Gasteiger partial charge is 0.0887 e. The van der Waals surface area contributed by atoms with Gasteiger partial charge in [0.2, 0.25) is 0 Å². The Labute approximate surface area is 99.8 Å². The molecular weight excluding hydrogens is 212 g/mol. The Hall–Kier alpha value is -2.36. The molecule has 0 radical (unpaired) electrons. The van der Waals surface area contributed by atoms with Gasteiger partial charge in [0.25, 0.3) is 0 Å². The summed E-state index contributed by atoms with van der Waals surface area (Å²) in [4.78, 5) is 7.78. The summed E-state index contributed by atoms with van der Waals surface area (Å²) in [5.74, 6) is 0. The van der Waals surface area contributed by atoms with Crippen molar-refractivity contribution in [2.24, 2.45) is 15.2 Å². The molecule has 2 aromatic rings. The summed E-state index contributed by atoms with van der Waals surface area (Å²) < 4.78 is 0. The molecule has 0 N–H and O–H groups in total. The molecule has 0 spiro atoms. The van der Waals surface area contributed by atoms with Gasteiger partial charge >= 0.3 is 0 Å². The van der Waals surface area contributed by atoms with Crippen LogP contribution in [-0.4, -0.2) is 11.7 Å². The van der Waals surface area contributed by atoms with Gasteiger partial charge in [0.15, 0.2) is 0 Å². The second kappa shape index (κ2) is 5.12. The number of hydrogen-bond donors (Lipinski definition) is 0. The lowest BCUT2D eigenvalue weighted by molar-refractivity contribution is 1.19. The highest BCUT2D eigenvalue weighted by Crippen LogP contribution is 2.25. The van der Waals surface area contributed by atoms with Crippen LogP contribution in [0.4, 0.5) is 17.1 Å². The molecule has 0 amide bonds. The van der Waals surface area contributed by atoms with Gasteiger partial charge in [-0.2, -0.15) is 10.2 Å². The fourth-order valence-corrected chi connectivity index (χ4v) is 1.37. The number of benzene rings is 1. The molecule has 0 bridgehead atoms. The van der Waals surface area contributed by atoms with E-state index in [2.05, 4.69) is 26.9 Å². The fourth-order valence-electron chi connectivity index (χ4n) is 1.37. The van der Waals surface area contributed by atoms with Gasteiger partial charge in [-0.1, -0.05) is 0 Å². The zero-order valence-corrected chi connectivity index (χ0v) is 9.54. The summed E-state index contributed by atoms with van der Waals surface area (Å²) in [5.41, 5.74) is 3.47. The minimum absolute atomic E-state index is 0.783. The molecule has 1 aromatic heterocycles. The van der Waals surface area contributed by atoms with Crippen LogP contribution in [0.2, 0.25) is 0 Å². The average Bonchev–Trinajstić information content (AvgIpc) is 2.38. The molecule has 0 saturated heterocycles. The Kier molecular flexibility index (Phi) is 3.35. The van der Waals surface area contributed by atoms with Crippen LogP contribution in [0.15, 0.2) is 57.9 Å². The summed E-state index contributed by atoms with van der Waals surface area (Å²) >= 11 is 0. The van der Waals surface area contributed by atoms with Crippen molar-refractivity contribution in [1.82, 2.24) is 4.98 Å². The molecule has 0 saturated carbocycles. The highest BCUT2D eigenvalue weighted by Gasteiger charge is 1.97. The molecule has 4 nitrogen and oxygen atoms in total. The van der Waals surface area contributed by atoms with Crippen molar-refractivity contribution in [3.05, 3.63) is 48.3 Å². The van der Waals surface area contributed by atoms with Crippen LogP contribution in [0, 0.1) is 6.92 Å². The molecule has 17 heavy (non-hydrogen) atoms. The summed E-state index contributed by atoms with van der Waals surface area (Å²) in [6, 6.07) is 9.27. The molecule has 0 fully saturated rings. The molecule has 4 heteroatoms. The van der Waals surface area contributed by atoms with Gasteiger partial charge in [-0.05, 0) is 49.5 Å². The molecule has 0 aliphatic carbocycles. The quantitative estimate of drug-likeness (QED) is 0.571. The first-order valence-corrected chi connectivity index (χ1v) is 5.19. The van der Waals surface area contributed by atoms with E-state index in [1.54, 1.807) is 24.5 Å². The lowest BCUT2D eigenvalue weighted by atomic mass is 10.2. The minimum atomic E-state index is 0.783. The third kappa shape index (κ3) is 2.81. The van der Waals surface area contributed by atoms with E-state index in [1.165, 1.54) is 0 Å². The lowest BCUT2D eigenvalue weighted by Gasteiger charge is -1.99. The molecular formula is C13H12N4. The van der Waals surface area contributed by atoms with E-state index >= 15 is 0 Å². The van der Waals surface area contributed by atoms with Crippen LogP contribution in [-0.2, 0) is 0 Å². The number of azo groups is 1. The van der Waals surface area contributed by atoms with Crippen LogP contribution in [0.5, 0.6) is 0 Å². The van der Waals surface area contributed by atoms with Gasteiger partial charge in [0.1, 0.15) is 0 Å². The Morgan fingerprint density at radius 3 is 2.41 bits per heavy atom. The molecule has 0 atom stereocenters. The number of rotatable bonds is 3. The highest BCUT2D eigenvalue weighted by molar-refractivity contribution is 5.56. The number of nitrogens with zero attached hydrogens (tertiary/aromatic N) is 4. The summed E-state index contributed by atoms with van der Waals surface area (Å²) in [7, 11) is 0. The second-order valence-corrected chi connectivity index (χ2v) is 3.53. The third-order valence-electron chi connectivity index (χ3n) is 2.30. The van der Waals surface area contributed by atoms with Crippen molar-refractivity contribution in [3.8, 4) is 0 Å². The van der Waals surface area contributed by atoms with E-state index in [1.807, 2.05) is 25.1 Å². The van der Waals surface area contributed by atoms with Crippen LogP contribution in [0.1, 0.15) is 5.56 Å². The van der Waals surface area contributed by atoms with E-state index in [0.717, 1.165) is 22.6 Å². The molecule has 0 aliphatic rings. The fraction of sp³-hybridized carbons (Fsp3) is 0.0769. The Balaban J connectivity index is 2.25. The van der Waals surface area contributed by atoms with Crippen LogP contribution < -0.4 is 0 Å². The monoisotopic (exact) mass is 224 g/mol. The number of hydrogen-bond acceptors (Lipinski definition) is 4. The van der Waals surface area contributed by atoms with Gasteiger partial charge in [0.05, 0.1) is 17.1 Å². The summed E-state index contributed by atoms with van der Waals surface area (Å²) in [6.45, 7) is 5.45. The van der Waals surface area contributed by atoms with E-state index < -0.39 is 0 Å². The summed E-state index contributed by atoms with van der Waals surface area (Å²) in [6.07, 6.45) is 3.37. The molecule has 84 valence electrons. The van der Waals surface area contributed by atoms with Gasteiger partial charge in [-0.25, -0.2) is 0 Å². The van der Waals surface area contributed by atoms with E-state index in [0.29, 0.717) is 0 Å². The van der Waals surface area contributed by atoms with Crippen LogP contribution in [0.25, 0.3) is 0 Å². The maximum absolute atomic E-state index is 4.19. The normalized spacial score (nSPS) is 10.6. The first-order chi connectivity index (χ1) is 8.29. The topological polar surface area (TPSA) is 50.0 Å². The second-order valence-electron chi connectivity index (χ2n) is 3.53. The average molecular weight is 224 g/mol. The minimum Gasteiger partial charge on any atom is -0.265 e. The Morgan fingerprint density at radius 1 is 1.00 bits per heavy atom. The van der Waals surface area contributed by atoms with Gasteiger partial charge in [-0.3, -0.25) is 9.98 Å². The lowest BCUT2D eigenvalue weighted by Crippen LogP contribution is -1.73. The van der Waals surface area contributed by atoms with E-state index in [4.69, 9.17) is 0 Å². The Morgan fingerprint density at radius 2 is 1.76 bits per heavy atom. The van der Waals surface area contributed by atoms with Crippen LogP contribution >= 0.6 is 0 Å².